The van der Waals surface area contributed by atoms with Crippen LogP contribution in [0.5, 0.6) is 0 Å². The molecule has 0 bridgehead atoms. The highest BCUT2D eigenvalue weighted by Crippen LogP contribution is 2.38. The number of carbonyl (C=O) groups is 1. The fraction of sp³-hybridized carbons (Fsp3) is 0.562. The van der Waals surface area contributed by atoms with Crippen molar-refractivity contribution in [1.82, 2.24) is 0 Å². The van der Waals surface area contributed by atoms with Gasteiger partial charge in [0.15, 0.2) is 0 Å². The Morgan fingerprint density at radius 1 is 1.30 bits per heavy atom. The van der Waals surface area contributed by atoms with Gasteiger partial charge < -0.3 is 19.8 Å². The normalized spacial score (nSPS) is 19.9. The van der Waals surface area contributed by atoms with E-state index in [1.165, 1.54) is 11.3 Å². The van der Waals surface area contributed by atoms with Crippen molar-refractivity contribution >= 4 is 30.5 Å². The van der Waals surface area contributed by atoms with Crippen LogP contribution in [0.2, 0.25) is 0 Å². The molecule has 0 amide bonds. The molecular formula is C16H24BNO4S. The smallest absolute Gasteiger partial charge is 0.462 e. The maximum absolute atomic E-state index is 11.7. The van der Waals surface area contributed by atoms with Gasteiger partial charge >= 0.3 is 13.1 Å². The molecule has 7 heteroatoms. The maximum atomic E-state index is 11.7. The fourth-order valence-corrected chi connectivity index (χ4v) is 3.02. The lowest BCUT2D eigenvalue weighted by molar-refractivity contribution is 0.00578. The molecule has 1 fully saturated rings. The monoisotopic (exact) mass is 337 g/mol. The van der Waals surface area contributed by atoms with E-state index in [0.717, 1.165) is 10.3 Å². The highest BCUT2D eigenvalue weighted by atomic mass is 32.1. The molecule has 0 aliphatic carbocycles. The average molecular weight is 337 g/mol. The van der Waals surface area contributed by atoms with Gasteiger partial charge in [-0.1, -0.05) is 0 Å². The molecule has 5 nitrogen and oxygen atoms in total. The summed E-state index contributed by atoms with van der Waals surface area (Å²) < 4.78 is 17.1. The third-order valence-corrected chi connectivity index (χ3v) is 5.24. The quantitative estimate of drug-likeness (QED) is 0.661. The molecule has 0 unspecified atom stereocenters. The van der Waals surface area contributed by atoms with Crippen LogP contribution in [-0.4, -0.2) is 37.4 Å². The van der Waals surface area contributed by atoms with Crippen LogP contribution in [-0.2, 0) is 14.0 Å². The number of carbonyl (C=O) groups excluding carboxylic acids is 1. The lowest BCUT2D eigenvalue weighted by Crippen LogP contribution is -2.41. The van der Waals surface area contributed by atoms with E-state index < -0.39 is 18.3 Å². The van der Waals surface area contributed by atoms with Gasteiger partial charge in [-0.25, -0.2) is 4.79 Å². The Morgan fingerprint density at radius 3 is 2.43 bits per heavy atom. The number of esters is 1. The Morgan fingerprint density at radius 2 is 1.91 bits per heavy atom. The lowest BCUT2D eigenvalue weighted by atomic mass is 9.77. The maximum Gasteiger partial charge on any atom is 0.491 e. The zero-order valence-corrected chi connectivity index (χ0v) is 15.2. The van der Waals surface area contributed by atoms with Crippen LogP contribution in [0, 0.1) is 0 Å². The SMILES string of the molecule is CCOC(=O)c1ccc(C=C(CN)B2OC(C)(C)C(C)(C)O2)s1. The molecule has 1 saturated heterocycles. The summed E-state index contributed by atoms with van der Waals surface area (Å²) in [7, 11) is -0.474. The van der Waals surface area contributed by atoms with Gasteiger partial charge in [-0.3, -0.25) is 0 Å². The Balaban J connectivity index is 2.19. The topological polar surface area (TPSA) is 70.8 Å². The van der Waals surface area contributed by atoms with Gasteiger partial charge in [0.2, 0.25) is 0 Å². The summed E-state index contributed by atoms with van der Waals surface area (Å²) in [6, 6.07) is 3.63. The molecule has 1 aromatic rings. The number of nitrogens with two attached hydrogens (primary N) is 1. The van der Waals surface area contributed by atoms with Crippen LogP contribution in [0.4, 0.5) is 0 Å². The van der Waals surface area contributed by atoms with E-state index in [-0.39, 0.29) is 5.97 Å². The summed E-state index contributed by atoms with van der Waals surface area (Å²) in [6.07, 6.45) is 1.93. The van der Waals surface area contributed by atoms with Crippen LogP contribution >= 0.6 is 11.3 Å². The Hall–Kier alpha value is -1.15. The second-order valence-corrected chi connectivity index (χ2v) is 7.55. The molecule has 0 radical (unpaired) electrons. The first-order valence-electron chi connectivity index (χ1n) is 7.73. The standard InChI is InChI=1S/C16H24BNO4S/c1-6-20-14(19)13-8-7-12(23-13)9-11(10-18)17-21-15(2,3)16(4,5)22-17/h7-9H,6,10,18H2,1-5H3. The van der Waals surface area contributed by atoms with Gasteiger partial charge in [-0.05, 0) is 58.3 Å². The van der Waals surface area contributed by atoms with Crippen molar-refractivity contribution in [3.05, 3.63) is 27.4 Å². The largest absolute Gasteiger partial charge is 0.491 e. The predicted molar refractivity (Wildman–Crippen MR) is 93.4 cm³/mol. The van der Waals surface area contributed by atoms with Crippen molar-refractivity contribution in [2.75, 3.05) is 13.2 Å². The first-order valence-corrected chi connectivity index (χ1v) is 8.55. The van der Waals surface area contributed by atoms with Crippen LogP contribution < -0.4 is 5.73 Å². The van der Waals surface area contributed by atoms with Gasteiger partial charge in [0.05, 0.1) is 17.8 Å². The van der Waals surface area contributed by atoms with Crippen LogP contribution in [0.15, 0.2) is 17.6 Å². The molecule has 0 aromatic carbocycles. The summed E-state index contributed by atoms with van der Waals surface area (Å²) in [5.74, 6) is -0.304. The number of rotatable bonds is 5. The summed E-state index contributed by atoms with van der Waals surface area (Å²) in [6.45, 7) is 10.5. The molecular weight excluding hydrogens is 313 g/mol. The van der Waals surface area contributed by atoms with Crippen LogP contribution in [0.1, 0.15) is 49.2 Å². The molecule has 0 saturated carbocycles. The molecule has 2 rings (SSSR count). The van der Waals surface area contributed by atoms with E-state index in [1.807, 2.05) is 39.8 Å². The number of hydrogen-bond donors (Lipinski definition) is 1. The minimum atomic E-state index is -0.474. The van der Waals surface area contributed by atoms with Crippen molar-refractivity contribution in [1.29, 1.82) is 0 Å². The fourth-order valence-electron chi connectivity index (χ4n) is 2.14. The molecule has 1 aliphatic heterocycles. The number of hydrogen-bond acceptors (Lipinski definition) is 6. The first kappa shape index (κ1) is 18.2. The van der Waals surface area contributed by atoms with Crippen molar-refractivity contribution in [3.63, 3.8) is 0 Å². The van der Waals surface area contributed by atoms with Crippen molar-refractivity contribution in [2.24, 2.45) is 5.73 Å². The van der Waals surface area contributed by atoms with E-state index in [0.29, 0.717) is 18.0 Å². The predicted octanol–water partition coefficient (Wildman–Crippen LogP) is 2.90. The highest BCUT2D eigenvalue weighted by Gasteiger charge is 2.52. The molecule has 2 heterocycles. The third kappa shape index (κ3) is 3.85. The van der Waals surface area contributed by atoms with Gasteiger partial charge in [0, 0.05) is 11.4 Å². The van der Waals surface area contributed by atoms with Crippen molar-refractivity contribution < 1.29 is 18.8 Å². The lowest BCUT2D eigenvalue weighted by Gasteiger charge is -2.32. The van der Waals surface area contributed by atoms with E-state index in [1.54, 1.807) is 13.0 Å². The molecule has 1 aliphatic rings. The minimum absolute atomic E-state index is 0.304. The first-order chi connectivity index (χ1) is 10.7. The molecule has 1 aromatic heterocycles. The molecule has 0 spiro atoms. The summed E-state index contributed by atoms with van der Waals surface area (Å²) in [4.78, 5) is 13.2. The molecule has 126 valence electrons. The molecule has 0 atom stereocenters. The Labute approximate surface area is 141 Å². The Bertz CT molecular complexity index is 593. The second kappa shape index (κ2) is 6.77. The summed E-state index contributed by atoms with van der Waals surface area (Å²) >= 11 is 1.37. The van der Waals surface area contributed by atoms with Gasteiger partial charge in [-0.2, -0.15) is 0 Å². The zero-order chi connectivity index (χ0) is 17.3. The zero-order valence-electron chi connectivity index (χ0n) is 14.3. The summed E-state index contributed by atoms with van der Waals surface area (Å²) in [5, 5.41) is 0. The Kier molecular flexibility index (Phi) is 5.35. The van der Waals surface area contributed by atoms with Gasteiger partial charge in [-0.15, -0.1) is 11.3 Å². The minimum Gasteiger partial charge on any atom is -0.462 e. The summed E-state index contributed by atoms with van der Waals surface area (Å²) in [5.41, 5.74) is 5.91. The van der Waals surface area contributed by atoms with E-state index in [2.05, 4.69) is 0 Å². The number of thiophene rings is 1. The number of ether oxygens (including phenoxy) is 1. The van der Waals surface area contributed by atoms with E-state index in [9.17, 15) is 4.79 Å². The molecule has 23 heavy (non-hydrogen) atoms. The van der Waals surface area contributed by atoms with Crippen molar-refractivity contribution in [3.8, 4) is 0 Å². The second-order valence-electron chi connectivity index (χ2n) is 6.43. The van der Waals surface area contributed by atoms with Crippen molar-refractivity contribution in [2.45, 2.75) is 45.8 Å². The van der Waals surface area contributed by atoms with Gasteiger partial charge in [0.25, 0.3) is 0 Å². The van der Waals surface area contributed by atoms with E-state index >= 15 is 0 Å². The van der Waals surface area contributed by atoms with E-state index in [4.69, 9.17) is 19.8 Å². The van der Waals surface area contributed by atoms with Gasteiger partial charge in [0.1, 0.15) is 4.88 Å². The third-order valence-electron chi connectivity index (χ3n) is 4.22. The van der Waals surface area contributed by atoms with Crippen LogP contribution in [0.3, 0.4) is 0 Å². The average Bonchev–Trinajstić information content (AvgIpc) is 2.99. The highest BCUT2D eigenvalue weighted by molar-refractivity contribution is 7.14. The molecule has 2 N–H and O–H groups in total. The van der Waals surface area contributed by atoms with Crippen LogP contribution in [0.25, 0.3) is 6.08 Å².